The highest BCUT2D eigenvalue weighted by Gasteiger charge is 2.17. The first-order valence-electron chi connectivity index (χ1n) is 5.32. The molecule has 2 aromatic rings. The molecule has 0 fully saturated rings. The van der Waals surface area contributed by atoms with Crippen LogP contribution in [0.5, 0.6) is 0 Å². The van der Waals surface area contributed by atoms with Crippen LogP contribution in [0.4, 0.5) is 11.4 Å². The Morgan fingerprint density at radius 1 is 0.950 bits per heavy atom. The number of benzene rings is 2. The first-order chi connectivity index (χ1) is 9.29. The Morgan fingerprint density at radius 3 is 2.25 bits per heavy atom. The van der Waals surface area contributed by atoms with E-state index in [9.17, 15) is 8.42 Å². The zero-order valence-electron chi connectivity index (χ0n) is 9.90. The Balaban J connectivity index is 2.40. The van der Waals surface area contributed by atoms with E-state index in [0.29, 0.717) is 5.02 Å². The van der Waals surface area contributed by atoms with Crippen LogP contribution in [0.15, 0.2) is 41.3 Å². The van der Waals surface area contributed by atoms with Crippen LogP contribution in [0, 0.1) is 0 Å². The average molecular weight is 352 g/mol. The summed E-state index contributed by atoms with van der Waals surface area (Å²) in [5, 5.41) is 0.882. The first kappa shape index (κ1) is 15.3. The normalized spacial score (nSPS) is 11.3. The molecule has 0 aliphatic rings. The van der Waals surface area contributed by atoms with Crippen molar-refractivity contribution in [3.8, 4) is 0 Å². The van der Waals surface area contributed by atoms with Gasteiger partial charge in [-0.15, -0.1) is 0 Å². The van der Waals surface area contributed by atoms with Gasteiger partial charge in [-0.05, 0) is 36.4 Å². The molecule has 0 heterocycles. The Bertz CT molecular complexity index is 763. The second kappa shape index (κ2) is 5.69. The molecule has 20 heavy (non-hydrogen) atoms. The van der Waals surface area contributed by atoms with Crippen molar-refractivity contribution in [1.29, 1.82) is 0 Å². The molecular formula is C12H9Cl3N2O2S. The predicted octanol–water partition coefficient (Wildman–Crippen LogP) is 4.03. The number of halogens is 3. The summed E-state index contributed by atoms with van der Waals surface area (Å²) in [5.74, 6) is 0. The predicted molar refractivity (Wildman–Crippen MR) is 83.1 cm³/mol. The summed E-state index contributed by atoms with van der Waals surface area (Å²) in [5.41, 5.74) is 5.95. The molecule has 0 radical (unpaired) electrons. The number of hydrogen-bond acceptors (Lipinski definition) is 3. The molecule has 0 saturated carbocycles. The summed E-state index contributed by atoms with van der Waals surface area (Å²) < 4.78 is 26.8. The Morgan fingerprint density at radius 2 is 1.60 bits per heavy atom. The number of nitrogens with one attached hydrogen (secondary N) is 1. The van der Waals surface area contributed by atoms with Gasteiger partial charge in [0.05, 0.1) is 26.3 Å². The van der Waals surface area contributed by atoms with Gasteiger partial charge in [-0.3, -0.25) is 4.72 Å². The molecule has 106 valence electrons. The van der Waals surface area contributed by atoms with E-state index in [2.05, 4.69) is 4.72 Å². The molecule has 0 spiro atoms. The average Bonchev–Trinajstić information content (AvgIpc) is 2.36. The van der Waals surface area contributed by atoms with E-state index in [1.165, 1.54) is 30.3 Å². The Kier molecular flexibility index (Phi) is 4.34. The molecular weight excluding hydrogens is 343 g/mol. The van der Waals surface area contributed by atoms with Gasteiger partial charge in [-0.25, -0.2) is 8.42 Å². The van der Waals surface area contributed by atoms with Gasteiger partial charge in [0.25, 0.3) is 10.0 Å². The van der Waals surface area contributed by atoms with Crippen LogP contribution in [0.2, 0.25) is 15.1 Å². The summed E-state index contributed by atoms with van der Waals surface area (Å²) in [4.78, 5) is -0.0181. The van der Waals surface area contributed by atoms with E-state index in [0.717, 1.165) is 0 Å². The summed E-state index contributed by atoms with van der Waals surface area (Å²) in [6.07, 6.45) is 0. The van der Waals surface area contributed by atoms with Crippen molar-refractivity contribution >= 4 is 56.2 Å². The number of nitrogen functional groups attached to an aromatic ring is 1. The largest absolute Gasteiger partial charge is 0.397 e. The van der Waals surface area contributed by atoms with Crippen LogP contribution in [0.25, 0.3) is 0 Å². The Hall–Kier alpha value is -1.14. The van der Waals surface area contributed by atoms with E-state index in [1.807, 2.05) is 0 Å². The van der Waals surface area contributed by atoms with Crippen LogP contribution in [0.3, 0.4) is 0 Å². The SMILES string of the molecule is Nc1cc(S(=O)(=O)Nc2cc(Cl)ccc2Cl)ccc1Cl. The summed E-state index contributed by atoms with van der Waals surface area (Å²) in [7, 11) is -3.82. The van der Waals surface area contributed by atoms with Crippen molar-refractivity contribution in [2.45, 2.75) is 4.90 Å². The molecule has 2 rings (SSSR count). The fourth-order valence-electron chi connectivity index (χ4n) is 1.47. The Labute approximate surface area is 131 Å². The van der Waals surface area contributed by atoms with Crippen molar-refractivity contribution in [3.05, 3.63) is 51.5 Å². The monoisotopic (exact) mass is 350 g/mol. The van der Waals surface area contributed by atoms with Gasteiger partial charge in [0, 0.05) is 5.02 Å². The van der Waals surface area contributed by atoms with Gasteiger partial charge in [0.1, 0.15) is 0 Å². The van der Waals surface area contributed by atoms with Gasteiger partial charge >= 0.3 is 0 Å². The fraction of sp³-hybridized carbons (Fsp3) is 0. The van der Waals surface area contributed by atoms with Gasteiger partial charge in [0.15, 0.2) is 0 Å². The zero-order chi connectivity index (χ0) is 14.9. The molecule has 0 aliphatic carbocycles. The maximum Gasteiger partial charge on any atom is 0.262 e. The third-order valence-corrected chi connectivity index (χ3v) is 4.72. The van der Waals surface area contributed by atoms with Crippen LogP contribution in [0.1, 0.15) is 0 Å². The minimum Gasteiger partial charge on any atom is -0.397 e. The number of anilines is 2. The minimum absolute atomic E-state index is 0.0181. The zero-order valence-corrected chi connectivity index (χ0v) is 13.0. The standard InChI is InChI=1S/C12H9Cl3N2O2S/c13-7-1-3-10(15)12(5-7)17-20(18,19)8-2-4-9(14)11(16)6-8/h1-6,17H,16H2. The topological polar surface area (TPSA) is 72.2 Å². The van der Waals surface area contributed by atoms with Crippen molar-refractivity contribution < 1.29 is 8.42 Å². The van der Waals surface area contributed by atoms with E-state index >= 15 is 0 Å². The lowest BCUT2D eigenvalue weighted by molar-refractivity contribution is 0.601. The molecule has 0 atom stereocenters. The highest BCUT2D eigenvalue weighted by Crippen LogP contribution is 2.29. The second-order valence-corrected chi connectivity index (χ2v) is 6.85. The van der Waals surface area contributed by atoms with E-state index < -0.39 is 10.0 Å². The number of rotatable bonds is 3. The smallest absolute Gasteiger partial charge is 0.262 e. The highest BCUT2D eigenvalue weighted by molar-refractivity contribution is 7.92. The van der Waals surface area contributed by atoms with Crippen molar-refractivity contribution in [2.75, 3.05) is 10.5 Å². The first-order valence-corrected chi connectivity index (χ1v) is 7.94. The third-order valence-electron chi connectivity index (χ3n) is 2.45. The minimum atomic E-state index is -3.82. The molecule has 0 bridgehead atoms. The van der Waals surface area contributed by atoms with Crippen LogP contribution in [-0.2, 0) is 10.0 Å². The van der Waals surface area contributed by atoms with Gasteiger partial charge in [-0.1, -0.05) is 34.8 Å². The van der Waals surface area contributed by atoms with E-state index in [4.69, 9.17) is 40.5 Å². The molecule has 8 heteroatoms. The molecule has 4 nitrogen and oxygen atoms in total. The number of sulfonamides is 1. The molecule has 2 aromatic carbocycles. The van der Waals surface area contributed by atoms with Crippen molar-refractivity contribution in [3.63, 3.8) is 0 Å². The molecule has 0 unspecified atom stereocenters. The lowest BCUT2D eigenvalue weighted by Crippen LogP contribution is -2.13. The maximum absolute atomic E-state index is 12.2. The lowest BCUT2D eigenvalue weighted by Gasteiger charge is -2.10. The fourth-order valence-corrected chi connectivity index (χ4v) is 3.08. The van der Waals surface area contributed by atoms with E-state index in [1.54, 1.807) is 6.07 Å². The second-order valence-electron chi connectivity index (χ2n) is 3.91. The quantitative estimate of drug-likeness (QED) is 0.820. The maximum atomic E-state index is 12.2. The molecule has 0 amide bonds. The van der Waals surface area contributed by atoms with Crippen LogP contribution in [-0.4, -0.2) is 8.42 Å². The molecule has 0 aliphatic heterocycles. The van der Waals surface area contributed by atoms with Gasteiger partial charge < -0.3 is 5.73 Å². The number of hydrogen-bond donors (Lipinski definition) is 2. The third kappa shape index (κ3) is 3.30. The summed E-state index contributed by atoms with van der Waals surface area (Å²) in [6.45, 7) is 0. The van der Waals surface area contributed by atoms with Crippen molar-refractivity contribution in [1.82, 2.24) is 0 Å². The number of nitrogens with two attached hydrogens (primary N) is 1. The molecule has 3 N–H and O–H groups in total. The van der Waals surface area contributed by atoms with Gasteiger partial charge in [0.2, 0.25) is 0 Å². The van der Waals surface area contributed by atoms with Gasteiger partial charge in [-0.2, -0.15) is 0 Å². The molecule has 0 saturated heterocycles. The van der Waals surface area contributed by atoms with Crippen LogP contribution < -0.4 is 10.5 Å². The summed E-state index contributed by atoms with van der Waals surface area (Å²) >= 11 is 17.5. The van der Waals surface area contributed by atoms with E-state index in [-0.39, 0.29) is 26.3 Å². The molecule has 0 aromatic heterocycles. The van der Waals surface area contributed by atoms with Crippen LogP contribution >= 0.6 is 34.8 Å². The highest BCUT2D eigenvalue weighted by atomic mass is 35.5. The summed E-state index contributed by atoms with van der Waals surface area (Å²) in [6, 6.07) is 8.49. The van der Waals surface area contributed by atoms with Crippen molar-refractivity contribution in [2.24, 2.45) is 0 Å². The lowest BCUT2D eigenvalue weighted by atomic mass is 10.3.